The average molecular weight is 393 g/mol. The first-order valence-electron chi connectivity index (χ1n) is 8.96. The molecule has 0 amide bonds. The van der Waals surface area contributed by atoms with E-state index in [1.807, 2.05) is 54.6 Å². The van der Waals surface area contributed by atoms with Crippen molar-refractivity contribution in [1.29, 1.82) is 0 Å². The molecule has 0 bridgehead atoms. The minimum atomic E-state index is -0.176. The Balaban J connectivity index is 1.66. The lowest BCUT2D eigenvalue weighted by atomic mass is 10.2. The third-order valence-electron chi connectivity index (χ3n) is 4.16. The molecule has 0 saturated heterocycles. The minimum Gasteiger partial charge on any atom is -0.497 e. The summed E-state index contributed by atoms with van der Waals surface area (Å²) in [5.41, 5.74) is 1.56. The SMILES string of the molecule is CCCOc1ccc(-c2nc3s/c(=C/c4cccc(OC)c4)c(=O)n3n2)cc1. The first-order chi connectivity index (χ1) is 13.7. The van der Waals surface area contributed by atoms with E-state index in [1.54, 1.807) is 7.11 Å². The van der Waals surface area contributed by atoms with Gasteiger partial charge in [0.2, 0.25) is 4.96 Å². The molecule has 0 N–H and O–H groups in total. The molecular weight excluding hydrogens is 374 g/mol. The van der Waals surface area contributed by atoms with Gasteiger partial charge in [0.1, 0.15) is 11.5 Å². The van der Waals surface area contributed by atoms with E-state index in [9.17, 15) is 4.79 Å². The number of aromatic nitrogens is 3. The summed E-state index contributed by atoms with van der Waals surface area (Å²) in [6, 6.07) is 15.1. The topological polar surface area (TPSA) is 65.7 Å². The Labute approximate surface area is 165 Å². The second-order valence-corrected chi connectivity index (χ2v) is 7.20. The molecule has 0 aliphatic heterocycles. The Hall–Kier alpha value is -3.19. The number of nitrogens with zero attached hydrogens (tertiary/aromatic N) is 3. The van der Waals surface area contributed by atoms with E-state index in [2.05, 4.69) is 17.0 Å². The van der Waals surface area contributed by atoms with Gasteiger partial charge in [-0.25, -0.2) is 0 Å². The van der Waals surface area contributed by atoms with E-state index < -0.39 is 0 Å². The van der Waals surface area contributed by atoms with Gasteiger partial charge in [0.05, 0.1) is 18.2 Å². The fraction of sp³-hybridized carbons (Fsp3) is 0.190. The van der Waals surface area contributed by atoms with Crippen LogP contribution < -0.4 is 19.6 Å². The first-order valence-corrected chi connectivity index (χ1v) is 9.78. The van der Waals surface area contributed by atoms with Crippen molar-refractivity contribution in [1.82, 2.24) is 14.6 Å². The van der Waals surface area contributed by atoms with Crippen molar-refractivity contribution in [3.05, 3.63) is 69.0 Å². The number of fused-ring (bicyclic) bond motifs is 1. The van der Waals surface area contributed by atoms with Crippen molar-refractivity contribution < 1.29 is 9.47 Å². The average Bonchev–Trinajstić information content (AvgIpc) is 3.26. The third kappa shape index (κ3) is 3.61. The lowest BCUT2D eigenvalue weighted by Crippen LogP contribution is -2.23. The number of hydrogen-bond donors (Lipinski definition) is 0. The van der Waals surface area contributed by atoms with Gasteiger partial charge in [-0.15, -0.1) is 5.10 Å². The van der Waals surface area contributed by atoms with E-state index in [4.69, 9.17) is 9.47 Å². The Kier molecular flexibility index (Phi) is 5.08. The summed E-state index contributed by atoms with van der Waals surface area (Å²) >= 11 is 1.32. The Bertz CT molecular complexity index is 1210. The smallest absolute Gasteiger partial charge is 0.291 e. The van der Waals surface area contributed by atoms with Crippen LogP contribution in [0.15, 0.2) is 53.3 Å². The van der Waals surface area contributed by atoms with Crippen molar-refractivity contribution in [2.24, 2.45) is 0 Å². The molecule has 0 saturated carbocycles. The zero-order valence-electron chi connectivity index (χ0n) is 15.6. The zero-order valence-corrected chi connectivity index (χ0v) is 16.4. The number of methoxy groups -OCH3 is 1. The molecule has 28 heavy (non-hydrogen) atoms. The Morgan fingerprint density at radius 3 is 2.68 bits per heavy atom. The predicted octanol–water partition coefficient (Wildman–Crippen LogP) is 3.16. The van der Waals surface area contributed by atoms with Crippen LogP contribution in [0.25, 0.3) is 22.4 Å². The summed E-state index contributed by atoms with van der Waals surface area (Å²) in [5.74, 6) is 2.08. The van der Waals surface area contributed by atoms with Crippen LogP contribution >= 0.6 is 11.3 Å². The first kappa shape index (κ1) is 18.2. The summed E-state index contributed by atoms with van der Waals surface area (Å²) in [4.78, 5) is 17.8. The molecule has 0 spiro atoms. The van der Waals surface area contributed by atoms with Gasteiger partial charge in [-0.05, 0) is 54.5 Å². The molecule has 0 unspecified atom stereocenters. The zero-order chi connectivity index (χ0) is 19.5. The van der Waals surface area contributed by atoms with Crippen molar-refractivity contribution >= 4 is 22.4 Å². The van der Waals surface area contributed by atoms with Gasteiger partial charge < -0.3 is 9.47 Å². The quantitative estimate of drug-likeness (QED) is 0.503. The molecule has 2 aromatic carbocycles. The number of thiazole rings is 1. The fourth-order valence-electron chi connectivity index (χ4n) is 2.76. The molecule has 6 nitrogen and oxygen atoms in total. The monoisotopic (exact) mass is 393 g/mol. The molecule has 2 heterocycles. The summed E-state index contributed by atoms with van der Waals surface area (Å²) in [7, 11) is 1.62. The van der Waals surface area contributed by atoms with Crippen molar-refractivity contribution in [3.63, 3.8) is 0 Å². The molecule has 4 rings (SSSR count). The van der Waals surface area contributed by atoms with Gasteiger partial charge in [-0.1, -0.05) is 30.4 Å². The molecule has 0 radical (unpaired) electrons. The number of hydrogen-bond acceptors (Lipinski definition) is 6. The van der Waals surface area contributed by atoms with Crippen LogP contribution in [-0.4, -0.2) is 28.3 Å². The van der Waals surface area contributed by atoms with Gasteiger partial charge in [0.25, 0.3) is 5.56 Å². The van der Waals surface area contributed by atoms with Crippen LogP contribution in [0, 0.1) is 0 Å². The number of rotatable bonds is 6. The summed E-state index contributed by atoms with van der Waals surface area (Å²) < 4.78 is 12.8. The highest BCUT2D eigenvalue weighted by molar-refractivity contribution is 7.15. The lowest BCUT2D eigenvalue weighted by molar-refractivity contribution is 0.317. The Morgan fingerprint density at radius 1 is 1.14 bits per heavy atom. The highest BCUT2D eigenvalue weighted by Crippen LogP contribution is 2.20. The van der Waals surface area contributed by atoms with E-state index in [1.165, 1.54) is 15.9 Å². The van der Waals surface area contributed by atoms with Gasteiger partial charge >= 0.3 is 0 Å². The standard InChI is InChI=1S/C21H19N3O3S/c1-3-11-27-16-9-7-15(8-10-16)19-22-21-24(23-19)20(25)18(28-21)13-14-5-4-6-17(12-14)26-2/h4-10,12-13H,3,11H2,1-2H3/b18-13+. The molecule has 2 aromatic heterocycles. The van der Waals surface area contributed by atoms with Crippen LogP contribution in [0.2, 0.25) is 0 Å². The molecule has 0 atom stereocenters. The van der Waals surface area contributed by atoms with Gasteiger partial charge in [0.15, 0.2) is 5.82 Å². The number of benzene rings is 2. The van der Waals surface area contributed by atoms with Crippen LogP contribution in [0.1, 0.15) is 18.9 Å². The van der Waals surface area contributed by atoms with E-state index >= 15 is 0 Å². The molecule has 0 aliphatic rings. The highest BCUT2D eigenvalue weighted by Gasteiger charge is 2.12. The maximum Gasteiger partial charge on any atom is 0.291 e. The third-order valence-corrected chi connectivity index (χ3v) is 5.12. The maximum atomic E-state index is 12.7. The molecular formula is C21H19N3O3S. The second-order valence-electron chi connectivity index (χ2n) is 6.20. The summed E-state index contributed by atoms with van der Waals surface area (Å²) in [6.07, 6.45) is 2.79. The van der Waals surface area contributed by atoms with Gasteiger partial charge in [-0.2, -0.15) is 9.50 Å². The predicted molar refractivity (Wildman–Crippen MR) is 110 cm³/mol. The van der Waals surface area contributed by atoms with Crippen molar-refractivity contribution in [2.45, 2.75) is 13.3 Å². The Morgan fingerprint density at radius 2 is 1.96 bits per heavy atom. The molecule has 0 aliphatic carbocycles. The molecule has 142 valence electrons. The van der Waals surface area contributed by atoms with Gasteiger partial charge in [-0.3, -0.25) is 4.79 Å². The van der Waals surface area contributed by atoms with E-state index in [0.29, 0.717) is 21.9 Å². The second kappa shape index (κ2) is 7.82. The van der Waals surface area contributed by atoms with Crippen LogP contribution in [0.4, 0.5) is 0 Å². The number of ether oxygens (including phenoxy) is 2. The summed E-state index contributed by atoms with van der Waals surface area (Å²) in [5, 5.41) is 4.39. The van der Waals surface area contributed by atoms with E-state index in [0.717, 1.165) is 29.0 Å². The minimum absolute atomic E-state index is 0.176. The van der Waals surface area contributed by atoms with E-state index in [-0.39, 0.29) is 5.56 Å². The highest BCUT2D eigenvalue weighted by atomic mass is 32.1. The van der Waals surface area contributed by atoms with Crippen LogP contribution in [0.3, 0.4) is 0 Å². The lowest BCUT2D eigenvalue weighted by Gasteiger charge is -2.04. The van der Waals surface area contributed by atoms with Crippen LogP contribution in [0.5, 0.6) is 11.5 Å². The molecule has 7 heteroatoms. The largest absolute Gasteiger partial charge is 0.497 e. The molecule has 0 fully saturated rings. The fourth-order valence-corrected chi connectivity index (χ4v) is 3.67. The maximum absolute atomic E-state index is 12.7. The van der Waals surface area contributed by atoms with Crippen LogP contribution in [-0.2, 0) is 0 Å². The normalized spacial score (nSPS) is 11.9. The molecule has 4 aromatic rings. The van der Waals surface area contributed by atoms with Crippen molar-refractivity contribution in [3.8, 4) is 22.9 Å². The van der Waals surface area contributed by atoms with Crippen molar-refractivity contribution in [2.75, 3.05) is 13.7 Å². The summed E-state index contributed by atoms with van der Waals surface area (Å²) in [6.45, 7) is 2.75. The van der Waals surface area contributed by atoms with Gasteiger partial charge in [0, 0.05) is 5.56 Å².